The Morgan fingerprint density at radius 1 is 1.30 bits per heavy atom. The average molecular weight is 465 g/mol. The van der Waals surface area contributed by atoms with Crippen LogP contribution in [0.4, 0.5) is 0 Å². The molecule has 5 heterocycles. The van der Waals surface area contributed by atoms with Gasteiger partial charge in [-0.3, -0.25) is 9.69 Å². The van der Waals surface area contributed by atoms with Crippen LogP contribution >= 0.6 is 11.3 Å². The van der Waals surface area contributed by atoms with Gasteiger partial charge in [-0.1, -0.05) is 13.8 Å². The zero-order valence-electron chi connectivity index (χ0n) is 19.8. The molecule has 8 heteroatoms. The van der Waals surface area contributed by atoms with Crippen LogP contribution in [0.2, 0.25) is 0 Å². The summed E-state index contributed by atoms with van der Waals surface area (Å²) < 4.78 is 1.87. The predicted octanol–water partition coefficient (Wildman–Crippen LogP) is 4.73. The molecule has 0 aliphatic carbocycles. The van der Waals surface area contributed by atoms with Gasteiger partial charge in [-0.05, 0) is 80.8 Å². The van der Waals surface area contributed by atoms with Crippen molar-refractivity contribution < 1.29 is 4.79 Å². The molecular weight excluding hydrogens is 432 g/mol. The Morgan fingerprint density at radius 2 is 2.12 bits per heavy atom. The summed E-state index contributed by atoms with van der Waals surface area (Å²) in [4.78, 5) is 24.5. The Labute approximate surface area is 198 Å². The number of H-pyrrole nitrogens is 1. The number of carbonyl (C=O) groups is 1. The number of nitrogens with one attached hydrogen (secondary N) is 1. The van der Waals surface area contributed by atoms with Crippen LogP contribution in [0.1, 0.15) is 66.5 Å². The first kappa shape index (κ1) is 22.1. The van der Waals surface area contributed by atoms with Gasteiger partial charge in [0, 0.05) is 22.0 Å². The van der Waals surface area contributed by atoms with Crippen molar-refractivity contribution >= 4 is 33.1 Å². The average Bonchev–Trinajstić information content (AvgIpc) is 3.40. The van der Waals surface area contributed by atoms with Crippen LogP contribution in [0, 0.1) is 13.8 Å². The number of thiophene rings is 1. The van der Waals surface area contributed by atoms with Crippen molar-refractivity contribution in [2.24, 2.45) is 5.73 Å². The van der Waals surface area contributed by atoms with Crippen molar-refractivity contribution in [1.82, 2.24) is 24.5 Å². The largest absolute Gasteiger partial charge is 0.369 e. The number of amides is 1. The minimum Gasteiger partial charge on any atom is -0.369 e. The lowest BCUT2D eigenvalue weighted by atomic mass is 9.92. The standard InChI is InChI=1S/C25H32N6OS/c1-14(2)20-21-16(4)23(17-6-5-8-30(9-7-17)12-19(26)32)33-25(21)29-22(20)18-10-15(3)24-27-13-28-31(24)11-18/h10-11,13-14,17,29H,5-9,12H2,1-4H3,(H2,26,32). The van der Waals surface area contributed by atoms with E-state index in [1.165, 1.54) is 31.9 Å². The highest BCUT2D eigenvalue weighted by molar-refractivity contribution is 7.19. The molecule has 3 N–H and O–H groups in total. The third-order valence-electron chi connectivity index (χ3n) is 6.96. The molecule has 0 saturated carbocycles. The van der Waals surface area contributed by atoms with Crippen LogP contribution < -0.4 is 5.73 Å². The van der Waals surface area contributed by atoms with Gasteiger partial charge in [0.2, 0.25) is 5.91 Å². The molecule has 4 aromatic rings. The van der Waals surface area contributed by atoms with Crippen LogP contribution in [0.25, 0.3) is 27.1 Å². The molecule has 0 bridgehead atoms. The third kappa shape index (κ3) is 3.95. The summed E-state index contributed by atoms with van der Waals surface area (Å²) in [6.07, 6.45) is 7.01. The normalized spacial score (nSPS) is 17.9. The predicted molar refractivity (Wildman–Crippen MR) is 134 cm³/mol. The van der Waals surface area contributed by atoms with Crippen LogP contribution in [-0.2, 0) is 4.79 Å². The molecule has 1 aliphatic heterocycles. The zero-order chi connectivity index (χ0) is 23.3. The number of nitrogens with zero attached hydrogens (tertiary/aromatic N) is 4. The lowest BCUT2D eigenvalue weighted by Gasteiger charge is -2.18. The molecule has 1 fully saturated rings. The molecule has 33 heavy (non-hydrogen) atoms. The molecule has 0 spiro atoms. The lowest BCUT2D eigenvalue weighted by Crippen LogP contribution is -2.34. The van der Waals surface area contributed by atoms with E-state index in [9.17, 15) is 4.79 Å². The molecule has 1 atom stereocenters. The van der Waals surface area contributed by atoms with Gasteiger partial charge in [-0.15, -0.1) is 11.3 Å². The Morgan fingerprint density at radius 3 is 2.88 bits per heavy atom. The Kier molecular flexibility index (Phi) is 5.74. The van der Waals surface area contributed by atoms with Gasteiger partial charge < -0.3 is 10.7 Å². The van der Waals surface area contributed by atoms with Crippen LogP contribution in [0.15, 0.2) is 18.6 Å². The molecule has 174 valence electrons. The molecule has 1 amide bonds. The minimum atomic E-state index is -0.234. The number of aromatic nitrogens is 4. The molecule has 1 saturated heterocycles. The van der Waals surface area contributed by atoms with Gasteiger partial charge in [-0.2, -0.15) is 5.10 Å². The van der Waals surface area contributed by atoms with E-state index in [2.05, 4.69) is 59.9 Å². The first-order valence-corrected chi connectivity index (χ1v) is 12.6. The van der Waals surface area contributed by atoms with E-state index in [0.717, 1.165) is 49.1 Å². The first-order valence-electron chi connectivity index (χ1n) is 11.8. The number of aryl methyl sites for hydroxylation is 2. The summed E-state index contributed by atoms with van der Waals surface area (Å²) in [5, 5.41) is 5.75. The summed E-state index contributed by atoms with van der Waals surface area (Å²) in [5.41, 5.74) is 12.6. The number of aromatic amines is 1. The van der Waals surface area contributed by atoms with Crippen molar-refractivity contribution in [3.05, 3.63) is 40.2 Å². The van der Waals surface area contributed by atoms with Crippen molar-refractivity contribution in [3.8, 4) is 11.3 Å². The van der Waals surface area contributed by atoms with Gasteiger partial charge >= 0.3 is 0 Å². The topological polar surface area (TPSA) is 92.3 Å². The molecule has 4 aromatic heterocycles. The zero-order valence-corrected chi connectivity index (χ0v) is 20.6. The molecule has 0 radical (unpaired) electrons. The number of primary amides is 1. The highest BCUT2D eigenvalue weighted by atomic mass is 32.1. The second kappa shape index (κ2) is 8.57. The fourth-order valence-electron chi connectivity index (χ4n) is 5.47. The number of likely N-dealkylation sites (tertiary alicyclic amines) is 1. The van der Waals surface area contributed by atoms with Gasteiger partial charge in [0.1, 0.15) is 11.2 Å². The first-order chi connectivity index (χ1) is 15.8. The summed E-state index contributed by atoms with van der Waals surface area (Å²) in [6, 6.07) is 2.21. The van der Waals surface area contributed by atoms with Crippen LogP contribution in [-0.4, -0.2) is 50.0 Å². The monoisotopic (exact) mass is 464 g/mol. The molecular formula is C25H32N6OS. The number of rotatable bonds is 5. The maximum atomic E-state index is 11.4. The number of nitrogens with two attached hydrogens (primary N) is 1. The van der Waals surface area contributed by atoms with Gasteiger partial charge in [0.25, 0.3) is 0 Å². The maximum absolute atomic E-state index is 11.4. The smallest absolute Gasteiger partial charge is 0.231 e. The third-order valence-corrected chi connectivity index (χ3v) is 8.33. The number of carbonyl (C=O) groups excluding carboxylic acids is 1. The minimum absolute atomic E-state index is 0.234. The quantitative estimate of drug-likeness (QED) is 0.446. The molecule has 1 aliphatic rings. The number of fused-ring (bicyclic) bond motifs is 2. The Bertz CT molecular complexity index is 1330. The van der Waals surface area contributed by atoms with E-state index < -0.39 is 0 Å². The van der Waals surface area contributed by atoms with Gasteiger partial charge in [0.05, 0.1) is 12.2 Å². The number of hydrogen-bond acceptors (Lipinski definition) is 5. The van der Waals surface area contributed by atoms with Gasteiger partial charge in [0.15, 0.2) is 5.65 Å². The van der Waals surface area contributed by atoms with Crippen molar-refractivity contribution in [2.45, 2.75) is 58.8 Å². The fourth-order valence-corrected chi connectivity index (χ4v) is 6.87. The van der Waals surface area contributed by atoms with E-state index in [1.807, 2.05) is 15.9 Å². The molecule has 5 rings (SSSR count). The highest BCUT2D eigenvalue weighted by Crippen LogP contribution is 2.45. The van der Waals surface area contributed by atoms with E-state index in [4.69, 9.17) is 5.73 Å². The molecule has 1 unspecified atom stereocenters. The highest BCUT2D eigenvalue weighted by Gasteiger charge is 2.27. The fraction of sp³-hybridized carbons (Fsp3) is 0.480. The summed E-state index contributed by atoms with van der Waals surface area (Å²) >= 11 is 1.91. The van der Waals surface area contributed by atoms with E-state index in [1.54, 1.807) is 6.33 Å². The van der Waals surface area contributed by atoms with Crippen molar-refractivity contribution in [3.63, 3.8) is 0 Å². The Balaban J connectivity index is 1.54. The SMILES string of the molecule is Cc1c(C2CCCN(CC(N)=O)CC2)sc2[nH]c(-c3cc(C)c4ncnn4c3)c(C(C)C)c12. The maximum Gasteiger partial charge on any atom is 0.231 e. The molecule has 0 aromatic carbocycles. The van der Waals surface area contributed by atoms with Crippen LogP contribution in [0.5, 0.6) is 0 Å². The van der Waals surface area contributed by atoms with E-state index in [0.29, 0.717) is 18.4 Å². The Hall–Kier alpha value is -2.71. The number of pyridine rings is 1. The van der Waals surface area contributed by atoms with Crippen molar-refractivity contribution in [1.29, 1.82) is 0 Å². The van der Waals surface area contributed by atoms with Gasteiger partial charge in [-0.25, -0.2) is 9.50 Å². The molecule has 7 nitrogen and oxygen atoms in total. The second-order valence-electron chi connectivity index (χ2n) is 9.67. The van der Waals surface area contributed by atoms with E-state index >= 15 is 0 Å². The van der Waals surface area contributed by atoms with E-state index in [-0.39, 0.29) is 5.91 Å². The second-order valence-corrected chi connectivity index (χ2v) is 10.7. The lowest BCUT2D eigenvalue weighted by molar-refractivity contribution is -0.119. The summed E-state index contributed by atoms with van der Waals surface area (Å²) in [6.45, 7) is 11.2. The summed E-state index contributed by atoms with van der Waals surface area (Å²) in [7, 11) is 0. The van der Waals surface area contributed by atoms with Crippen LogP contribution in [0.3, 0.4) is 0 Å². The van der Waals surface area contributed by atoms with Crippen molar-refractivity contribution in [2.75, 3.05) is 19.6 Å². The number of hydrogen-bond donors (Lipinski definition) is 2. The summed E-state index contributed by atoms with van der Waals surface area (Å²) in [5.74, 6) is 0.690.